The first-order valence-corrected chi connectivity index (χ1v) is 6.93. The van der Waals surface area contributed by atoms with Crippen LogP contribution < -0.4 is 14.9 Å². The van der Waals surface area contributed by atoms with E-state index in [0.29, 0.717) is 21.9 Å². The van der Waals surface area contributed by atoms with Crippen molar-refractivity contribution in [2.45, 2.75) is 6.92 Å². The van der Waals surface area contributed by atoms with Crippen molar-refractivity contribution in [3.8, 4) is 11.5 Å². The maximum absolute atomic E-state index is 11.8. The molecule has 3 rings (SSSR count). The molecule has 1 aromatic heterocycles. The van der Waals surface area contributed by atoms with Crippen molar-refractivity contribution in [2.75, 3.05) is 6.79 Å². The number of hydrogen-bond acceptors (Lipinski definition) is 5. The molecule has 6 nitrogen and oxygen atoms in total. The minimum absolute atomic E-state index is 0.184. The van der Waals surface area contributed by atoms with Crippen LogP contribution in [0.3, 0.4) is 0 Å². The number of rotatable bonds is 3. The average molecular weight is 351 g/mol. The third kappa shape index (κ3) is 2.92. The smallest absolute Gasteiger partial charge is 0.307 e. The summed E-state index contributed by atoms with van der Waals surface area (Å²) in [6.07, 6.45) is 0. The number of fused-ring (bicyclic) bond motifs is 1. The summed E-state index contributed by atoms with van der Waals surface area (Å²) >= 11 is 3.14. The van der Waals surface area contributed by atoms with E-state index in [9.17, 15) is 4.79 Å². The SMILES string of the molecule is C/C(=N/NC(=O)c1ccc(Br)o1)c1ccc2c(c1)OCO2. The van der Waals surface area contributed by atoms with E-state index < -0.39 is 5.91 Å². The fraction of sp³-hybridized carbons (Fsp3) is 0.143. The number of nitrogens with one attached hydrogen (secondary N) is 1. The van der Waals surface area contributed by atoms with E-state index in [0.717, 1.165) is 5.56 Å². The molecule has 0 spiro atoms. The predicted molar refractivity (Wildman–Crippen MR) is 78.7 cm³/mol. The van der Waals surface area contributed by atoms with Crippen LogP contribution in [0.4, 0.5) is 0 Å². The van der Waals surface area contributed by atoms with Gasteiger partial charge in [-0.05, 0) is 53.2 Å². The normalized spacial score (nSPS) is 13.3. The van der Waals surface area contributed by atoms with Crippen LogP contribution in [0, 0.1) is 0 Å². The molecule has 0 saturated carbocycles. The zero-order valence-electron chi connectivity index (χ0n) is 11.1. The summed E-state index contributed by atoms with van der Waals surface area (Å²) < 4.78 is 16.2. The topological polar surface area (TPSA) is 73.1 Å². The number of furan rings is 1. The van der Waals surface area contributed by atoms with Gasteiger partial charge in [0.2, 0.25) is 6.79 Å². The molecule has 2 aromatic rings. The van der Waals surface area contributed by atoms with E-state index in [1.165, 1.54) is 0 Å². The first-order valence-electron chi connectivity index (χ1n) is 6.13. The summed E-state index contributed by atoms with van der Waals surface area (Å²) in [6.45, 7) is 2.01. The molecular formula is C14H11BrN2O4. The largest absolute Gasteiger partial charge is 0.454 e. The van der Waals surface area contributed by atoms with Gasteiger partial charge in [0.1, 0.15) is 0 Å². The molecule has 1 aromatic carbocycles. The molecule has 0 fully saturated rings. The predicted octanol–water partition coefficient (Wildman–Crippen LogP) is 2.92. The van der Waals surface area contributed by atoms with Gasteiger partial charge in [0, 0.05) is 5.56 Å². The molecule has 2 heterocycles. The van der Waals surface area contributed by atoms with Crippen molar-refractivity contribution < 1.29 is 18.7 Å². The lowest BCUT2D eigenvalue weighted by Crippen LogP contribution is -2.18. The van der Waals surface area contributed by atoms with Crippen LogP contribution in [0.1, 0.15) is 23.0 Å². The number of hydrogen-bond donors (Lipinski definition) is 1. The van der Waals surface area contributed by atoms with Gasteiger partial charge in [0.15, 0.2) is 21.9 Å². The van der Waals surface area contributed by atoms with Crippen molar-refractivity contribution in [1.29, 1.82) is 0 Å². The first kappa shape index (κ1) is 13.7. The van der Waals surface area contributed by atoms with Gasteiger partial charge in [-0.25, -0.2) is 5.43 Å². The third-order valence-electron chi connectivity index (χ3n) is 2.91. The Morgan fingerprint density at radius 1 is 1.24 bits per heavy atom. The second-order valence-electron chi connectivity index (χ2n) is 4.31. The molecule has 0 atom stereocenters. The highest BCUT2D eigenvalue weighted by molar-refractivity contribution is 9.10. The van der Waals surface area contributed by atoms with Gasteiger partial charge in [-0.1, -0.05) is 0 Å². The van der Waals surface area contributed by atoms with Gasteiger partial charge in [0.25, 0.3) is 0 Å². The summed E-state index contributed by atoms with van der Waals surface area (Å²) in [7, 11) is 0. The van der Waals surface area contributed by atoms with Crippen molar-refractivity contribution in [1.82, 2.24) is 5.43 Å². The van der Waals surface area contributed by atoms with Crippen LogP contribution >= 0.6 is 15.9 Å². The fourth-order valence-corrected chi connectivity index (χ4v) is 2.12. The molecular weight excluding hydrogens is 340 g/mol. The van der Waals surface area contributed by atoms with Crippen LogP contribution in [-0.2, 0) is 0 Å². The second kappa shape index (κ2) is 5.61. The van der Waals surface area contributed by atoms with Gasteiger partial charge in [-0.15, -0.1) is 0 Å². The zero-order valence-corrected chi connectivity index (χ0v) is 12.6. The number of carbonyl (C=O) groups is 1. The van der Waals surface area contributed by atoms with Crippen LogP contribution in [0.15, 0.2) is 44.5 Å². The molecule has 7 heteroatoms. The first-order chi connectivity index (χ1) is 10.1. The Morgan fingerprint density at radius 2 is 2.05 bits per heavy atom. The minimum Gasteiger partial charge on any atom is -0.454 e. The fourth-order valence-electron chi connectivity index (χ4n) is 1.81. The lowest BCUT2D eigenvalue weighted by atomic mass is 10.1. The number of ether oxygens (including phenoxy) is 2. The standard InChI is InChI=1S/C14H11BrN2O4/c1-8(9-2-3-10-12(6-9)20-7-19-10)16-17-14(18)11-4-5-13(15)21-11/h2-6H,7H2,1H3,(H,17,18)/b16-8-. The molecule has 1 amide bonds. The van der Waals surface area contributed by atoms with E-state index in [1.54, 1.807) is 19.1 Å². The van der Waals surface area contributed by atoms with Gasteiger partial charge in [-0.2, -0.15) is 5.10 Å². The third-order valence-corrected chi connectivity index (χ3v) is 3.34. The van der Waals surface area contributed by atoms with E-state index in [1.807, 2.05) is 18.2 Å². The van der Waals surface area contributed by atoms with Crippen LogP contribution in [0.2, 0.25) is 0 Å². The number of benzene rings is 1. The van der Waals surface area contributed by atoms with E-state index in [4.69, 9.17) is 13.9 Å². The van der Waals surface area contributed by atoms with E-state index in [-0.39, 0.29) is 12.6 Å². The maximum atomic E-state index is 11.8. The van der Waals surface area contributed by atoms with E-state index >= 15 is 0 Å². The van der Waals surface area contributed by atoms with Crippen molar-refractivity contribution in [3.05, 3.63) is 46.3 Å². The summed E-state index contributed by atoms with van der Waals surface area (Å²) in [5.41, 5.74) is 3.92. The summed E-state index contributed by atoms with van der Waals surface area (Å²) in [4.78, 5) is 11.8. The Labute approximate surface area is 128 Å². The molecule has 21 heavy (non-hydrogen) atoms. The number of halogens is 1. The Balaban J connectivity index is 1.72. The van der Waals surface area contributed by atoms with Crippen molar-refractivity contribution >= 4 is 27.5 Å². The molecule has 0 bridgehead atoms. The molecule has 0 aliphatic carbocycles. The van der Waals surface area contributed by atoms with Crippen LogP contribution in [-0.4, -0.2) is 18.4 Å². The Morgan fingerprint density at radius 3 is 2.81 bits per heavy atom. The number of nitrogens with zero attached hydrogens (tertiary/aromatic N) is 1. The second-order valence-corrected chi connectivity index (χ2v) is 5.09. The lowest BCUT2D eigenvalue weighted by Gasteiger charge is -2.03. The number of amides is 1. The molecule has 1 aliphatic heterocycles. The highest BCUT2D eigenvalue weighted by Gasteiger charge is 2.14. The molecule has 108 valence electrons. The summed E-state index contributed by atoms with van der Waals surface area (Å²) in [5, 5.41) is 4.05. The summed E-state index contributed by atoms with van der Waals surface area (Å²) in [5.74, 6) is 1.14. The Kier molecular flexibility index (Phi) is 3.66. The summed E-state index contributed by atoms with van der Waals surface area (Å²) in [6, 6.07) is 8.68. The molecule has 0 saturated heterocycles. The maximum Gasteiger partial charge on any atom is 0.307 e. The highest BCUT2D eigenvalue weighted by atomic mass is 79.9. The number of carbonyl (C=O) groups excluding carboxylic acids is 1. The molecule has 1 N–H and O–H groups in total. The van der Waals surface area contributed by atoms with Gasteiger partial charge in [-0.3, -0.25) is 4.79 Å². The Hall–Kier alpha value is -2.28. The van der Waals surface area contributed by atoms with Gasteiger partial charge in [0.05, 0.1) is 5.71 Å². The molecule has 1 aliphatic rings. The van der Waals surface area contributed by atoms with Crippen LogP contribution in [0.25, 0.3) is 0 Å². The number of hydrazone groups is 1. The molecule has 0 radical (unpaired) electrons. The van der Waals surface area contributed by atoms with Gasteiger partial charge >= 0.3 is 5.91 Å². The quantitative estimate of drug-likeness (QED) is 0.682. The minimum atomic E-state index is -0.416. The van der Waals surface area contributed by atoms with Crippen molar-refractivity contribution in [3.63, 3.8) is 0 Å². The van der Waals surface area contributed by atoms with E-state index in [2.05, 4.69) is 26.5 Å². The lowest BCUT2D eigenvalue weighted by molar-refractivity contribution is 0.0926. The van der Waals surface area contributed by atoms with Crippen molar-refractivity contribution in [2.24, 2.45) is 5.10 Å². The molecule has 0 unspecified atom stereocenters. The zero-order chi connectivity index (χ0) is 14.8. The average Bonchev–Trinajstić information content (AvgIpc) is 3.12. The Bertz CT molecular complexity index is 724. The van der Waals surface area contributed by atoms with Crippen LogP contribution in [0.5, 0.6) is 11.5 Å². The van der Waals surface area contributed by atoms with Gasteiger partial charge < -0.3 is 13.9 Å². The highest BCUT2D eigenvalue weighted by Crippen LogP contribution is 2.32. The monoisotopic (exact) mass is 350 g/mol.